The number of aromatic nitrogens is 1. The predicted octanol–water partition coefficient (Wildman–Crippen LogP) is 3.94. The van der Waals surface area contributed by atoms with Crippen LogP contribution in [0.4, 0.5) is 5.69 Å². The minimum atomic E-state index is -0.558. The normalized spacial score (nSPS) is 17.3. The topological polar surface area (TPSA) is 65.2 Å². The van der Waals surface area contributed by atoms with Crippen LogP contribution in [0, 0.1) is 0 Å². The van der Waals surface area contributed by atoms with Crippen LogP contribution in [0.15, 0.2) is 48.7 Å². The summed E-state index contributed by atoms with van der Waals surface area (Å²) in [6.07, 6.45) is 2.83. The van der Waals surface area contributed by atoms with Gasteiger partial charge < -0.3 is 10.3 Å². The first kappa shape index (κ1) is 18.0. The van der Waals surface area contributed by atoms with Crippen LogP contribution in [-0.4, -0.2) is 29.4 Å². The number of nitrogens with one attached hydrogen (secondary N) is 2. The van der Waals surface area contributed by atoms with Crippen LogP contribution in [0.5, 0.6) is 0 Å². The van der Waals surface area contributed by atoms with E-state index >= 15 is 0 Å². The van der Waals surface area contributed by atoms with Crippen LogP contribution < -0.4 is 10.2 Å². The van der Waals surface area contributed by atoms with Crippen molar-refractivity contribution in [3.63, 3.8) is 0 Å². The van der Waals surface area contributed by atoms with E-state index in [1.807, 2.05) is 24.4 Å². The number of rotatable bonds is 5. The largest absolute Gasteiger partial charge is 0.361 e. The quantitative estimate of drug-likeness (QED) is 0.636. The van der Waals surface area contributed by atoms with Crippen molar-refractivity contribution in [2.24, 2.45) is 0 Å². The van der Waals surface area contributed by atoms with E-state index in [0.29, 0.717) is 22.3 Å². The van der Waals surface area contributed by atoms with Crippen molar-refractivity contribution >= 4 is 51.6 Å². The zero-order chi connectivity index (χ0) is 19.0. The van der Waals surface area contributed by atoms with Crippen molar-refractivity contribution in [1.82, 2.24) is 10.3 Å². The third-order valence-corrected chi connectivity index (χ3v) is 5.31. The smallest absolute Gasteiger partial charge is 0.251 e. The standard InChI is InChI=1S/C20H17Cl2N3O2/c21-13-5-6-15(22)18(9-13)25-19(26)10-17(20(25)27)23-8-7-12-11-24-16-4-2-1-3-14(12)16/h1-6,9,11,17,23-24H,7-8,10H2. The van der Waals surface area contributed by atoms with E-state index < -0.39 is 6.04 Å². The molecule has 0 saturated carbocycles. The molecule has 3 aromatic rings. The second-order valence-corrected chi connectivity index (χ2v) is 7.33. The number of aromatic amines is 1. The molecule has 0 spiro atoms. The van der Waals surface area contributed by atoms with Gasteiger partial charge in [-0.05, 0) is 36.2 Å². The molecule has 27 heavy (non-hydrogen) atoms. The molecule has 1 aliphatic rings. The van der Waals surface area contributed by atoms with Gasteiger partial charge in [0, 0.05) is 28.7 Å². The second-order valence-electron chi connectivity index (χ2n) is 6.48. The number of benzene rings is 2. The van der Waals surface area contributed by atoms with E-state index in [-0.39, 0.29) is 18.2 Å². The summed E-state index contributed by atoms with van der Waals surface area (Å²) in [7, 11) is 0. The number of hydrogen-bond acceptors (Lipinski definition) is 3. The summed E-state index contributed by atoms with van der Waals surface area (Å²) in [4.78, 5) is 29.5. The van der Waals surface area contributed by atoms with Gasteiger partial charge in [0.2, 0.25) is 5.91 Å². The van der Waals surface area contributed by atoms with Gasteiger partial charge in [-0.3, -0.25) is 9.59 Å². The van der Waals surface area contributed by atoms with E-state index in [1.165, 1.54) is 17.0 Å². The maximum Gasteiger partial charge on any atom is 0.251 e. The lowest BCUT2D eigenvalue weighted by atomic mass is 10.1. The highest BCUT2D eigenvalue weighted by molar-refractivity contribution is 6.37. The number of para-hydroxylation sites is 1. The fourth-order valence-electron chi connectivity index (χ4n) is 3.42. The number of fused-ring (bicyclic) bond motifs is 1. The van der Waals surface area contributed by atoms with E-state index in [0.717, 1.165) is 16.8 Å². The van der Waals surface area contributed by atoms with E-state index in [2.05, 4.69) is 16.4 Å². The van der Waals surface area contributed by atoms with Crippen LogP contribution in [0.25, 0.3) is 10.9 Å². The van der Waals surface area contributed by atoms with Crippen molar-refractivity contribution in [1.29, 1.82) is 0 Å². The maximum absolute atomic E-state index is 12.7. The lowest BCUT2D eigenvalue weighted by Gasteiger charge is -2.17. The van der Waals surface area contributed by atoms with Crippen LogP contribution in [0.2, 0.25) is 10.0 Å². The number of imide groups is 1. The van der Waals surface area contributed by atoms with Crippen LogP contribution in [0.3, 0.4) is 0 Å². The maximum atomic E-state index is 12.7. The van der Waals surface area contributed by atoms with E-state index in [4.69, 9.17) is 23.2 Å². The van der Waals surface area contributed by atoms with Crippen molar-refractivity contribution in [2.75, 3.05) is 11.4 Å². The summed E-state index contributed by atoms with van der Waals surface area (Å²) in [6.45, 7) is 0.586. The molecule has 138 valence electrons. The fraction of sp³-hybridized carbons (Fsp3) is 0.200. The summed E-state index contributed by atoms with van der Waals surface area (Å²) in [5, 5.41) is 5.11. The molecular formula is C20H17Cl2N3O2. The molecule has 0 radical (unpaired) electrons. The molecular weight excluding hydrogens is 385 g/mol. The first-order valence-corrected chi connectivity index (χ1v) is 9.40. The van der Waals surface area contributed by atoms with Crippen molar-refractivity contribution in [3.8, 4) is 0 Å². The lowest BCUT2D eigenvalue weighted by molar-refractivity contribution is -0.121. The average Bonchev–Trinajstić information content (AvgIpc) is 3.19. The summed E-state index contributed by atoms with van der Waals surface area (Å²) in [5.41, 5.74) is 2.59. The Hall–Kier alpha value is -2.34. The number of H-pyrrole nitrogens is 1. The highest BCUT2D eigenvalue weighted by Crippen LogP contribution is 2.32. The summed E-state index contributed by atoms with van der Waals surface area (Å²) in [6, 6.07) is 12.3. The van der Waals surface area contributed by atoms with Crippen LogP contribution in [0.1, 0.15) is 12.0 Å². The number of halogens is 2. The second kappa shape index (κ2) is 7.35. The molecule has 0 aliphatic carbocycles. The van der Waals surface area contributed by atoms with Crippen LogP contribution in [-0.2, 0) is 16.0 Å². The highest BCUT2D eigenvalue weighted by Gasteiger charge is 2.40. The van der Waals surface area contributed by atoms with Gasteiger partial charge in [-0.15, -0.1) is 0 Å². The van der Waals surface area contributed by atoms with Gasteiger partial charge >= 0.3 is 0 Å². The van der Waals surface area contributed by atoms with Gasteiger partial charge in [-0.2, -0.15) is 0 Å². The molecule has 1 unspecified atom stereocenters. The van der Waals surface area contributed by atoms with Crippen molar-refractivity contribution in [3.05, 3.63) is 64.3 Å². The van der Waals surface area contributed by atoms with Gasteiger partial charge in [0.25, 0.3) is 5.91 Å². The molecule has 1 saturated heterocycles. The number of amides is 2. The Morgan fingerprint density at radius 3 is 2.81 bits per heavy atom. The monoisotopic (exact) mass is 401 g/mol. The highest BCUT2D eigenvalue weighted by atomic mass is 35.5. The zero-order valence-electron chi connectivity index (χ0n) is 14.3. The first-order valence-electron chi connectivity index (χ1n) is 8.65. The Balaban J connectivity index is 1.44. The van der Waals surface area contributed by atoms with Gasteiger partial charge in [-0.25, -0.2) is 4.90 Å². The number of carbonyl (C=O) groups excluding carboxylic acids is 2. The van der Waals surface area contributed by atoms with E-state index in [1.54, 1.807) is 12.1 Å². The predicted molar refractivity (Wildman–Crippen MR) is 107 cm³/mol. The molecule has 1 atom stereocenters. The van der Waals surface area contributed by atoms with Gasteiger partial charge in [0.05, 0.1) is 23.2 Å². The summed E-state index contributed by atoms with van der Waals surface area (Å²) in [5.74, 6) is -0.586. The molecule has 1 fully saturated rings. The van der Waals surface area contributed by atoms with Gasteiger partial charge in [-0.1, -0.05) is 41.4 Å². The Kier molecular flexibility index (Phi) is 4.91. The molecule has 4 rings (SSSR count). The number of hydrogen-bond donors (Lipinski definition) is 2. The Morgan fingerprint density at radius 2 is 1.96 bits per heavy atom. The Labute approximate surface area is 166 Å². The Morgan fingerprint density at radius 1 is 1.15 bits per heavy atom. The van der Waals surface area contributed by atoms with Crippen LogP contribution >= 0.6 is 23.2 Å². The summed E-state index contributed by atoms with van der Waals surface area (Å²) < 4.78 is 0. The third-order valence-electron chi connectivity index (χ3n) is 4.76. The minimum Gasteiger partial charge on any atom is -0.361 e. The van der Waals surface area contributed by atoms with Gasteiger partial charge in [0.15, 0.2) is 0 Å². The molecule has 1 aromatic heterocycles. The molecule has 2 N–H and O–H groups in total. The SMILES string of the molecule is O=C1CC(NCCc2c[nH]c3ccccc23)C(=O)N1c1cc(Cl)ccc1Cl. The van der Waals surface area contributed by atoms with Crippen molar-refractivity contribution < 1.29 is 9.59 Å². The molecule has 2 amide bonds. The number of anilines is 1. The first-order chi connectivity index (χ1) is 13.0. The van der Waals surface area contributed by atoms with E-state index in [9.17, 15) is 9.59 Å². The van der Waals surface area contributed by atoms with Gasteiger partial charge in [0.1, 0.15) is 0 Å². The molecule has 1 aliphatic heterocycles. The number of nitrogens with zero attached hydrogens (tertiary/aromatic N) is 1. The van der Waals surface area contributed by atoms with Crippen molar-refractivity contribution in [2.45, 2.75) is 18.9 Å². The third kappa shape index (κ3) is 3.46. The summed E-state index contributed by atoms with van der Waals surface area (Å²) >= 11 is 12.1. The molecule has 2 aromatic carbocycles. The zero-order valence-corrected chi connectivity index (χ0v) is 15.8. The molecule has 2 heterocycles. The fourth-order valence-corrected chi connectivity index (χ4v) is 3.79. The molecule has 7 heteroatoms. The average molecular weight is 402 g/mol. The Bertz CT molecular complexity index is 1030. The number of carbonyl (C=O) groups is 2. The molecule has 5 nitrogen and oxygen atoms in total. The minimum absolute atomic E-state index is 0.107. The molecule has 0 bridgehead atoms. The lowest BCUT2D eigenvalue weighted by Crippen LogP contribution is -2.39.